The summed E-state index contributed by atoms with van der Waals surface area (Å²) < 4.78 is 5.32. The predicted octanol–water partition coefficient (Wildman–Crippen LogP) is 4.68. The van der Waals surface area contributed by atoms with Gasteiger partial charge in [-0.25, -0.2) is 4.98 Å². The van der Waals surface area contributed by atoms with Crippen molar-refractivity contribution in [3.05, 3.63) is 17.8 Å². The van der Waals surface area contributed by atoms with Gasteiger partial charge in [0.25, 0.3) is 0 Å². The summed E-state index contributed by atoms with van der Waals surface area (Å²) in [6.07, 6.45) is 13.1. The molecule has 3 N–H and O–H groups in total. The molecule has 4 saturated carbocycles. The molecular weight excluding hydrogens is 414 g/mol. The van der Waals surface area contributed by atoms with Gasteiger partial charge in [0.15, 0.2) is 5.89 Å². The van der Waals surface area contributed by atoms with Crippen LogP contribution in [0.25, 0.3) is 0 Å². The van der Waals surface area contributed by atoms with Crippen molar-refractivity contribution in [2.45, 2.75) is 90.7 Å². The van der Waals surface area contributed by atoms with Crippen LogP contribution in [0.4, 0.5) is 0 Å². The van der Waals surface area contributed by atoms with Gasteiger partial charge in [-0.2, -0.15) is 0 Å². The van der Waals surface area contributed by atoms with Crippen LogP contribution in [0.1, 0.15) is 83.3 Å². The van der Waals surface area contributed by atoms with E-state index >= 15 is 0 Å². The largest absolute Gasteiger partial charge is 0.444 e. The lowest BCUT2D eigenvalue weighted by Gasteiger charge is -2.60. The molecule has 1 aromatic rings. The molecule has 4 aliphatic carbocycles. The molecule has 4 aliphatic rings. The highest BCUT2D eigenvalue weighted by atomic mass is 16.4. The van der Waals surface area contributed by atoms with Gasteiger partial charge in [-0.15, -0.1) is 0 Å². The summed E-state index contributed by atoms with van der Waals surface area (Å²) >= 11 is 0. The third-order valence-electron chi connectivity index (χ3n) is 9.87. The molecule has 5 rings (SSSR count). The minimum Gasteiger partial charge on any atom is -0.444 e. The number of rotatable bonds is 4. The van der Waals surface area contributed by atoms with E-state index in [2.05, 4.69) is 18.8 Å². The number of hydrogen-bond donors (Lipinski definition) is 3. The van der Waals surface area contributed by atoms with Crippen molar-refractivity contribution in [3.63, 3.8) is 0 Å². The van der Waals surface area contributed by atoms with Crippen LogP contribution in [0, 0.1) is 39.9 Å². The highest BCUT2D eigenvalue weighted by molar-refractivity contribution is 5.82. The number of fused-ring (bicyclic) bond motifs is 5. The summed E-state index contributed by atoms with van der Waals surface area (Å²) in [5.41, 5.74) is 1.71. The minimum atomic E-state index is -0.0477. The maximum Gasteiger partial charge on any atom is 0.196 e. The lowest BCUT2D eigenvalue weighted by atomic mass is 9.45. The summed E-state index contributed by atoms with van der Waals surface area (Å²) in [5.74, 6) is 4.71. The van der Waals surface area contributed by atoms with E-state index in [1.54, 1.807) is 6.20 Å². The first-order chi connectivity index (χ1) is 15.7. The molecule has 7 atom stereocenters. The SMILES string of the molecule is CN(C)Cc1cnc(CCO)o1.C[C@]12CCC(=N)CC1CCC1C2CC[C@@]2(C)C1CC[C@@H]2O. The second-order valence-electron chi connectivity index (χ2n) is 12.0. The van der Waals surface area contributed by atoms with Crippen LogP contribution in [0.2, 0.25) is 0 Å². The van der Waals surface area contributed by atoms with Crippen LogP contribution in [0.15, 0.2) is 10.6 Å². The van der Waals surface area contributed by atoms with Crippen LogP contribution >= 0.6 is 0 Å². The van der Waals surface area contributed by atoms with Gasteiger partial charge in [0, 0.05) is 12.1 Å². The molecule has 186 valence electrons. The normalized spacial score (nSPS) is 40.0. The fourth-order valence-corrected chi connectivity index (χ4v) is 8.00. The average Bonchev–Trinajstić information content (AvgIpc) is 3.32. The molecule has 4 fully saturated rings. The maximum absolute atomic E-state index is 10.5. The number of oxazole rings is 1. The van der Waals surface area contributed by atoms with Crippen molar-refractivity contribution in [3.8, 4) is 0 Å². The molecule has 1 aromatic heterocycles. The van der Waals surface area contributed by atoms with E-state index in [1.165, 1.54) is 38.5 Å². The Hall–Kier alpha value is -1.24. The summed E-state index contributed by atoms with van der Waals surface area (Å²) in [6.45, 7) is 5.76. The number of aliphatic hydroxyl groups excluding tert-OH is 2. The molecule has 4 unspecified atom stereocenters. The Labute approximate surface area is 199 Å². The second kappa shape index (κ2) is 9.79. The quantitative estimate of drug-likeness (QED) is 0.608. The second-order valence-corrected chi connectivity index (χ2v) is 12.0. The lowest BCUT2D eigenvalue weighted by Crippen LogP contribution is -2.54. The molecule has 0 aromatic carbocycles. The Morgan fingerprint density at radius 3 is 2.58 bits per heavy atom. The number of aromatic nitrogens is 1. The van der Waals surface area contributed by atoms with Crippen molar-refractivity contribution in [1.29, 1.82) is 5.41 Å². The van der Waals surface area contributed by atoms with Gasteiger partial charge in [0.2, 0.25) is 0 Å². The topological polar surface area (TPSA) is 93.6 Å². The first-order valence-corrected chi connectivity index (χ1v) is 13.1. The van der Waals surface area contributed by atoms with E-state index in [9.17, 15) is 5.11 Å². The molecule has 6 nitrogen and oxygen atoms in total. The van der Waals surface area contributed by atoms with E-state index in [0.717, 1.165) is 61.0 Å². The van der Waals surface area contributed by atoms with Gasteiger partial charge in [-0.3, -0.25) is 0 Å². The summed E-state index contributed by atoms with van der Waals surface area (Å²) in [5, 5.41) is 27.2. The standard InChI is InChI=1S/C19H31NO.C8H14N2O2/c1-18-9-7-13(20)11-12(18)3-4-14-15-5-6-17(21)19(15,2)10-8-16(14)18;1-10(2)6-7-5-9-8(12-7)3-4-11/h12,14-17,20-21H,3-11H2,1-2H3;5,11H,3-4,6H2,1-2H3/t12?,14?,15?,16?,17-,18-,19-;/m0./s1. The van der Waals surface area contributed by atoms with Crippen LogP contribution in [0.5, 0.6) is 0 Å². The molecule has 0 spiro atoms. The Morgan fingerprint density at radius 1 is 1.09 bits per heavy atom. The van der Waals surface area contributed by atoms with Crippen molar-refractivity contribution < 1.29 is 14.6 Å². The van der Waals surface area contributed by atoms with Crippen molar-refractivity contribution in [2.75, 3.05) is 20.7 Å². The molecular formula is C27H45N3O3. The van der Waals surface area contributed by atoms with E-state index in [1.807, 2.05) is 19.0 Å². The highest BCUT2D eigenvalue weighted by Gasteiger charge is 2.59. The number of hydrogen-bond acceptors (Lipinski definition) is 6. The zero-order valence-corrected chi connectivity index (χ0v) is 21.1. The molecule has 33 heavy (non-hydrogen) atoms. The van der Waals surface area contributed by atoms with Crippen molar-refractivity contribution >= 4 is 5.71 Å². The highest BCUT2D eigenvalue weighted by Crippen LogP contribution is 2.65. The average molecular weight is 460 g/mol. The van der Waals surface area contributed by atoms with Gasteiger partial charge in [0.05, 0.1) is 25.5 Å². The Kier molecular flexibility index (Phi) is 7.38. The van der Waals surface area contributed by atoms with Crippen LogP contribution < -0.4 is 0 Å². The lowest BCUT2D eigenvalue weighted by molar-refractivity contribution is -0.112. The fourth-order valence-electron chi connectivity index (χ4n) is 8.00. The molecule has 1 heterocycles. The first kappa shape index (κ1) is 24.9. The molecule has 0 amide bonds. The van der Waals surface area contributed by atoms with E-state index < -0.39 is 0 Å². The van der Waals surface area contributed by atoms with Gasteiger partial charge < -0.3 is 24.9 Å². The predicted molar refractivity (Wildman–Crippen MR) is 130 cm³/mol. The number of aliphatic hydroxyl groups is 2. The Balaban J connectivity index is 0.000000185. The van der Waals surface area contributed by atoms with E-state index in [0.29, 0.717) is 17.7 Å². The monoisotopic (exact) mass is 459 g/mol. The molecule has 0 saturated heterocycles. The van der Waals surface area contributed by atoms with Gasteiger partial charge in [-0.1, -0.05) is 13.8 Å². The zero-order chi connectivity index (χ0) is 23.8. The van der Waals surface area contributed by atoms with Gasteiger partial charge in [0.1, 0.15) is 5.76 Å². The Morgan fingerprint density at radius 2 is 1.85 bits per heavy atom. The molecule has 0 bridgehead atoms. The molecule has 6 heteroatoms. The Bertz CT molecular complexity index is 823. The van der Waals surface area contributed by atoms with Crippen LogP contribution in [0.3, 0.4) is 0 Å². The third-order valence-corrected chi connectivity index (χ3v) is 9.87. The maximum atomic E-state index is 10.5. The van der Waals surface area contributed by atoms with Gasteiger partial charge >= 0.3 is 0 Å². The third kappa shape index (κ3) is 4.81. The number of nitrogens with one attached hydrogen (secondary N) is 1. The van der Waals surface area contributed by atoms with E-state index in [-0.39, 0.29) is 18.1 Å². The van der Waals surface area contributed by atoms with Crippen molar-refractivity contribution in [2.24, 2.45) is 34.5 Å². The van der Waals surface area contributed by atoms with E-state index in [4.69, 9.17) is 14.9 Å². The molecule has 0 aliphatic heterocycles. The van der Waals surface area contributed by atoms with Crippen LogP contribution in [-0.4, -0.2) is 52.6 Å². The van der Waals surface area contributed by atoms with Gasteiger partial charge in [-0.05, 0) is 106 Å². The van der Waals surface area contributed by atoms with Crippen molar-refractivity contribution in [1.82, 2.24) is 9.88 Å². The van der Waals surface area contributed by atoms with Crippen LogP contribution in [-0.2, 0) is 13.0 Å². The summed E-state index contributed by atoms with van der Waals surface area (Å²) in [6, 6.07) is 0. The summed E-state index contributed by atoms with van der Waals surface area (Å²) in [4.78, 5) is 6.01. The number of nitrogens with zero attached hydrogens (tertiary/aromatic N) is 2. The first-order valence-electron chi connectivity index (χ1n) is 13.1. The smallest absolute Gasteiger partial charge is 0.196 e. The summed E-state index contributed by atoms with van der Waals surface area (Å²) in [7, 11) is 3.93. The molecule has 0 radical (unpaired) electrons. The fraction of sp³-hybridized carbons (Fsp3) is 0.852. The minimum absolute atomic E-state index is 0.0477. The zero-order valence-electron chi connectivity index (χ0n) is 21.1.